The lowest BCUT2D eigenvalue weighted by molar-refractivity contribution is -0.119. The molecule has 0 fully saturated rings. The monoisotopic (exact) mass is 333 g/mol. The summed E-state index contributed by atoms with van der Waals surface area (Å²) >= 11 is 5.99. The van der Waals surface area contributed by atoms with Crippen LogP contribution in [0, 0.1) is 5.92 Å². The van der Waals surface area contributed by atoms with Crippen LogP contribution in [0.4, 0.5) is 11.4 Å². The number of hydrogen-bond acceptors (Lipinski definition) is 4. The quantitative estimate of drug-likeness (QED) is 0.710. The number of sulfonamides is 1. The topological polar surface area (TPSA) is 101 Å². The third kappa shape index (κ3) is 6.33. The van der Waals surface area contributed by atoms with Gasteiger partial charge in [-0.1, -0.05) is 18.5 Å². The van der Waals surface area contributed by atoms with Gasteiger partial charge < -0.3 is 11.1 Å². The van der Waals surface area contributed by atoms with E-state index in [1.165, 1.54) is 12.1 Å². The van der Waals surface area contributed by atoms with Crippen molar-refractivity contribution in [3.05, 3.63) is 23.2 Å². The Hall–Kier alpha value is -1.31. The Bertz CT molecular complexity index is 605. The van der Waals surface area contributed by atoms with Gasteiger partial charge in [-0.25, -0.2) is 8.42 Å². The lowest BCUT2D eigenvalue weighted by Gasteiger charge is -2.13. The molecule has 21 heavy (non-hydrogen) atoms. The van der Waals surface area contributed by atoms with Gasteiger partial charge in [-0.3, -0.25) is 9.52 Å². The van der Waals surface area contributed by atoms with Gasteiger partial charge in [0.15, 0.2) is 0 Å². The highest BCUT2D eigenvalue weighted by atomic mass is 35.5. The third-order valence-electron chi connectivity index (χ3n) is 2.82. The van der Waals surface area contributed by atoms with Gasteiger partial charge in [0.2, 0.25) is 15.9 Å². The number of hydrogen-bond donors (Lipinski definition) is 3. The third-order valence-corrected chi connectivity index (χ3v) is 3.72. The van der Waals surface area contributed by atoms with E-state index in [1.54, 1.807) is 6.07 Å². The summed E-state index contributed by atoms with van der Waals surface area (Å²) in [7, 11) is -3.39. The van der Waals surface area contributed by atoms with Crippen LogP contribution in [-0.4, -0.2) is 27.1 Å². The van der Waals surface area contributed by atoms with Crippen molar-refractivity contribution in [3.63, 3.8) is 0 Å². The molecule has 1 aromatic rings. The van der Waals surface area contributed by atoms with E-state index in [0.29, 0.717) is 18.7 Å². The second kappa shape index (κ2) is 7.63. The maximum atomic E-state index is 11.9. The van der Waals surface area contributed by atoms with Crippen molar-refractivity contribution >= 4 is 38.9 Å². The molecule has 8 heteroatoms. The van der Waals surface area contributed by atoms with Gasteiger partial charge in [-0.15, -0.1) is 0 Å². The highest BCUT2D eigenvalue weighted by molar-refractivity contribution is 7.92. The van der Waals surface area contributed by atoms with E-state index in [1.807, 2.05) is 6.92 Å². The van der Waals surface area contributed by atoms with E-state index in [4.69, 9.17) is 17.3 Å². The van der Waals surface area contributed by atoms with E-state index in [2.05, 4.69) is 10.0 Å². The Morgan fingerprint density at radius 3 is 2.62 bits per heavy atom. The Morgan fingerprint density at radius 1 is 1.43 bits per heavy atom. The predicted molar refractivity (Wildman–Crippen MR) is 86.0 cm³/mol. The molecule has 0 saturated carbocycles. The normalized spacial score (nSPS) is 12.8. The molecule has 0 spiro atoms. The second-order valence-corrected chi connectivity index (χ2v) is 7.05. The molecular weight excluding hydrogens is 314 g/mol. The average Bonchev–Trinajstić information content (AvgIpc) is 2.37. The average molecular weight is 334 g/mol. The van der Waals surface area contributed by atoms with Crippen molar-refractivity contribution in [1.82, 2.24) is 0 Å². The van der Waals surface area contributed by atoms with Gasteiger partial charge >= 0.3 is 0 Å². The molecule has 1 rings (SSSR count). The first-order valence-corrected chi connectivity index (χ1v) is 8.78. The summed E-state index contributed by atoms with van der Waals surface area (Å²) in [5.41, 5.74) is 6.20. The summed E-state index contributed by atoms with van der Waals surface area (Å²) in [5, 5.41) is 2.96. The Labute approximate surface area is 130 Å². The first-order valence-electron chi connectivity index (χ1n) is 6.51. The first kappa shape index (κ1) is 17.7. The molecule has 0 heterocycles. The number of anilines is 2. The van der Waals surface area contributed by atoms with E-state index in [9.17, 15) is 13.2 Å². The maximum Gasteiger partial charge on any atom is 0.229 e. The number of amides is 1. The molecule has 118 valence electrons. The molecule has 6 nitrogen and oxygen atoms in total. The van der Waals surface area contributed by atoms with E-state index < -0.39 is 10.0 Å². The predicted octanol–water partition coefficient (Wildman–Crippen LogP) is 2.03. The zero-order valence-corrected chi connectivity index (χ0v) is 13.6. The second-order valence-electron chi connectivity index (χ2n) is 4.89. The lowest BCUT2D eigenvalue weighted by atomic mass is 10.0. The van der Waals surface area contributed by atoms with Crippen LogP contribution in [0.25, 0.3) is 0 Å². The van der Waals surface area contributed by atoms with Crippen molar-refractivity contribution < 1.29 is 13.2 Å². The van der Waals surface area contributed by atoms with E-state index in [0.717, 1.165) is 12.7 Å². The smallest absolute Gasteiger partial charge is 0.229 e. The van der Waals surface area contributed by atoms with Gasteiger partial charge in [-0.2, -0.15) is 0 Å². The number of benzene rings is 1. The minimum absolute atomic E-state index is 0.122. The lowest BCUT2D eigenvalue weighted by Crippen LogP contribution is -2.21. The fourth-order valence-corrected chi connectivity index (χ4v) is 2.56. The summed E-state index contributed by atoms with van der Waals surface area (Å²) in [6.07, 6.45) is 2.54. The fraction of sp³-hybridized carbons (Fsp3) is 0.462. The molecule has 0 bridgehead atoms. The van der Waals surface area contributed by atoms with Gasteiger partial charge in [-0.05, 0) is 37.6 Å². The molecule has 4 N–H and O–H groups in total. The summed E-state index contributed by atoms with van der Waals surface area (Å²) < 4.78 is 24.6. The highest BCUT2D eigenvalue weighted by Gasteiger charge is 2.13. The van der Waals surface area contributed by atoms with Crippen LogP contribution in [0.2, 0.25) is 5.02 Å². The largest absolute Gasteiger partial charge is 0.330 e. The van der Waals surface area contributed by atoms with Gasteiger partial charge in [0.25, 0.3) is 0 Å². The van der Waals surface area contributed by atoms with Gasteiger partial charge in [0.05, 0.1) is 17.0 Å². The summed E-state index contributed by atoms with van der Waals surface area (Å²) in [4.78, 5) is 11.9. The molecular formula is C13H20ClN3O3S. The van der Waals surface area contributed by atoms with Crippen LogP contribution in [0.5, 0.6) is 0 Å². The number of halogens is 1. The van der Waals surface area contributed by atoms with Crippen LogP contribution < -0.4 is 15.8 Å². The Balaban J connectivity index is 2.73. The number of carbonyl (C=O) groups excluding carboxylic acids is 1. The molecule has 1 aromatic carbocycles. The zero-order chi connectivity index (χ0) is 16.0. The number of carbonyl (C=O) groups is 1. The summed E-state index contributed by atoms with van der Waals surface area (Å²) in [5.74, 6) is -0.274. The summed E-state index contributed by atoms with van der Waals surface area (Å²) in [6, 6.07) is 4.60. The SMILES string of the molecule is CC(CCCN)C(=O)Nc1ccc(NS(C)(=O)=O)c(Cl)c1. The fourth-order valence-electron chi connectivity index (χ4n) is 1.70. The molecule has 0 radical (unpaired) electrons. The minimum atomic E-state index is -3.39. The van der Waals surface area contributed by atoms with Crippen LogP contribution in [0.3, 0.4) is 0 Å². The number of rotatable bonds is 7. The Kier molecular flexibility index (Phi) is 6.44. The summed E-state index contributed by atoms with van der Waals surface area (Å²) in [6.45, 7) is 2.38. The molecule has 0 aliphatic carbocycles. The molecule has 1 amide bonds. The standard InChI is InChI=1S/C13H20ClN3O3S/c1-9(4-3-7-15)13(18)16-10-5-6-12(11(14)8-10)17-21(2,19)20/h5-6,8-9,17H,3-4,7,15H2,1-2H3,(H,16,18). The van der Waals surface area contributed by atoms with Crippen molar-refractivity contribution in [2.45, 2.75) is 19.8 Å². The zero-order valence-electron chi connectivity index (χ0n) is 12.0. The molecule has 1 atom stereocenters. The van der Waals surface area contributed by atoms with Crippen LogP contribution in [-0.2, 0) is 14.8 Å². The van der Waals surface area contributed by atoms with Gasteiger partial charge in [0, 0.05) is 11.6 Å². The van der Waals surface area contributed by atoms with Crippen molar-refractivity contribution in [1.29, 1.82) is 0 Å². The van der Waals surface area contributed by atoms with Crippen molar-refractivity contribution in [2.75, 3.05) is 22.8 Å². The van der Waals surface area contributed by atoms with Crippen LogP contribution >= 0.6 is 11.6 Å². The van der Waals surface area contributed by atoms with E-state index >= 15 is 0 Å². The molecule has 0 aliphatic heterocycles. The van der Waals surface area contributed by atoms with Crippen LogP contribution in [0.1, 0.15) is 19.8 Å². The number of nitrogens with two attached hydrogens (primary N) is 1. The number of nitrogens with one attached hydrogen (secondary N) is 2. The molecule has 0 aliphatic rings. The van der Waals surface area contributed by atoms with Crippen molar-refractivity contribution in [2.24, 2.45) is 11.7 Å². The van der Waals surface area contributed by atoms with E-state index in [-0.39, 0.29) is 22.5 Å². The molecule has 0 aromatic heterocycles. The first-order chi connectivity index (χ1) is 9.73. The maximum absolute atomic E-state index is 11.9. The van der Waals surface area contributed by atoms with Crippen LogP contribution in [0.15, 0.2) is 18.2 Å². The van der Waals surface area contributed by atoms with Crippen molar-refractivity contribution in [3.8, 4) is 0 Å². The Morgan fingerprint density at radius 2 is 2.10 bits per heavy atom. The molecule has 0 saturated heterocycles. The minimum Gasteiger partial charge on any atom is -0.330 e. The highest BCUT2D eigenvalue weighted by Crippen LogP contribution is 2.26. The van der Waals surface area contributed by atoms with Gasteiger partial charge in [0.1, 0.15) is 0 Å². The molecule has 1 unspecified atom stereocenters.